The van der Waals surface area contributed by atoms with E-state index in [4.69, 9.17) is 15.3 Å². The number of rotatable bonds is 2. The molecule has 3 rings (SSSR count). The molecule has 6 nitrogen and oxygen atoms in total. The first-order chi connectivity index (χ1) is 12.0. The maximum absolute atomic E-state index is 9.53. The highest BCUT2D eigenvalue weighted by atomic mass is 16.5. The average molecular weight is 329 g/mol. The van der Waals surface area contributed by atoms with Crippen LogP contribution in [0.2, 0.25) is 0 Å². The van der Waals surface area contributed by atoms with E-state index in [1.807, 2.05) is 30.4 Å². The Morgan fingerprint density at radius 3 is 2.64 bits per heavy atom. The van der Waals surface area contributed by atoms with Gasteiger partial charge in [0.15, 0.2) is 11.3 Å². The highest BCUT2D eigenvalue weighted by Crippen LogP contribution is 2.40. The van der Waals surface area contributed by atoms with Crippen LogP contribution in [0.3, 0.4) is 0 Å². The second-order valence-electron chi connectivity index (χ2n) is 6.13. The molecule has 122 valence electrons. The van der Waals surface area contributed by atoms with Gasteiger partial charge in [-0.05, 0) is 25.0 Å². The quantitative estimate of drug-likeness (QED) is 0.808. The number of nitrogens with zero attached hydrogens (tertiary/aromatic N) is 3. The first-order valence-corrected chi connectivity index (χ1v) is 7.69. The van der Waals surface area contributed by atoms with E-state index in [0.29, 0.717) is 5.57 Å². The lowest BCUT2D eigenvalue weighted by Crippen LogP contribution is -2.20. The van der Waals surface area contributed by atoms with Crippen LogP contribution in [0.5, 0.6) is 0 Å². The lowest BCUT2D eigenvalue weighted by atomic mass is 9.94. The van der Waals surface area contributed by atoms with Crippen molar-refractivity contribution in [1.82, 2.24) is 5.43 Å². The Morgan fingerprint density at radius 2 is 1.96 bits per heavy atom. The summed E-state index contributed by atoms with van der Waals surface area (Å²) in [5.74, 6) is 0.0511. The maximum Gasteiger partial charge on any atom is 0.172 e. The van der Waals surface area contributed by atoms with Crippen LogP contribution in [0.1, 0.15) is 25.0 Å². The van der Waals surface area contributed by atoms with Crippen LogP contribution in [-0.4, -0.2) is 5.60 Å². The third-order valence-electron chi connectivity index (χ3n) is 4.17. The molecule has 0 fully saturated rings. The zero-order valence-electron chi connectivity index (χ0n) is 13.8. The van der Waals surface area contributed by atoms with Crippen LogP contribution < -0.4 is 10.9 Å². The largest absolute Gasteiger partial charge is 0.480 e. The number of hydrogen-bond donors (Lipinski definition) is 2. The van der Waals surface area contributed by atoms with Crippen molar-refractivity contribution in [1.29, 1.82) is 15.8 Å². The van der Waals surface area contributed by atoms with Crippen LogP contribution in [0, 0.1) is 34.0 Å². The van der Waals surface area contributed by atoms with Crippen molar-refractivity contribution in [3.05, 3.63) is 57.9 Å². The Kier molecular flexibility index (Phi) is 4.03. The van der Waals surface area contributed by atoms with Gasteiger partial charge in [-0.2, -0.15) is 15.8 Å². The molecule has 0 aromatic heterocycles. The molecule has 2 aliphatic rings. The summed E-state index contributed by atoms with van der Waals surface area (Å²) in [6.45, 7) is 4.36. The van der Waals surface area contributed by atoms with Crippen LogP contribution in [0.15, 0.2) is 46.8 Å². The molecule has 0 saturated carbocycles. The Morgan fingerprint density at radius 1 is 1.20 bits per heavy atom. The lowest BCUT2D eigenvalue weighted by Gasteiger charge is -2.20. The number of para-hydroxylation sites is 1. The second kappa shape index (κ2) is 6.17. The second-order valence-corrected chi connectivity index (χ2v) is 6.13. The number of benzene rings is 1. The molecule has 6 heteroatoms. The smallest absolute Gasteiger partial charge is 0.172 e. The fourth-order valence-electron chi connectivity index (χ4n) is 2.94. The summed E-state index contributed by atoms with van der Waals surface area (Å²) >= 11 is 0. The molecule has 1 aromatic rings. The maximum atomic E-state index is 9.53. The molecule has 2 heterocycles. The normalized spacial score (nSPS) is 17.3. The molecule has 0 radical (unpaired) electrons. The first kappa shape index (κ1) is 16.3. The van der Waals surface area contributed by atoms with E-state index in [2.05, 4.69) is 16.9 Å². The van der Waals surface area contributed by atoms with Gasteiger partial charge >= 0.3 is 0 Å². The van der Waals surface area contributed by atoms with Gasteiger partial charge in [-0.3, -0.25) is 0 Å². The number of allylic oxidation sites excluding steroid dienone is 2. The van der Waals surface area contributed by atoms with E-state index in [1.165, 1.54) is 0 Å². The molecule has 2 N–H and O–H groups in total. The number of ether oxygens (including phenoxy) is 1. The summed E-state index contributed by atoms with van der Waals surface area (Å²) in [6.07, 6.45) is 3.71. The minimum atomic E-state index is -0.806. The van der Waals surface area contributed by atoms with Crippen molar-refractivity contribution in [2.75, 3.05) is 5.43 Å². The van der Waals surface area contributed by atoms with Crippen LogP contribution in [-0.2, 0) is 11.3 Å². The molecule has 0 atom stereocenters. The van der Waals surface area contributed by atoms with E-state index < -0.39 is 5.60 Å². The minimum Gasteiger partial charge on any atom is -0.480 e. The molecule has 25 heavy (non-hydrogen) atoms. The van der Waals surface area contributed by atoms with Gasteiger partial charge in [-0.25, -0.2) is 5.43 Å². The van der Waals surface area contributed by atoms with Gasteiger partial charge in [0.2, 0.25) is 0 Å². The molecule has 0 aliphatic carbocycles. The molecule has 0 bridgehead atoms. The summed E-state index contributed by atoms with van der Waals surface area (Å²) < 4.78 is 5.75. The highest BCUT2D eigenvalue weighted by molar-refractivity contribution is 5.73. The predicted octanol–water partition coefficient (Wildman–Crippen LogP) is 3.06. The average Bonchev–Trinajstić information content (AvgIpc) is 3.16. The van der Waals surface area contributed by atoms with Crippen LogP contribution in [0.25, 0.3) is 6.08 Å². The van der Waals surface area contributed by atoms with Crippen molar-refractivity contribution in [3.8, 4) is 18.2 Å². The van der Waals surface area contributed by atoms with E-state index in [1.54, 1.807) is 26.0 Å². The predicted molar refractivity (Wildman–Crippen MR) is 92.0 cm³/mol. The molecular formula is C19H15N5O. The summed E-state index contributed by atoms with van der Waals surface area (Å²) in [5.41, 5.74) is 9.19. The molecular weight excluding hydrogens is 314 g/mol. The van der Waals surface area contributed by atoms with Gasteiger partial charge < -0.3 is 10.2 Å². The number of hydrogen-bond acceptors (Lipinski definition) is 6. The molecule has 0 saturated heterocycles. The van der Waals surface area contributed by atoms with E-state index >= 15 is 0 Å². The number of nitrogens with one attached hydrogen (secondary N) is 2. The van der Waals surface area contributed by atoms with Gasteiger partial charge in [0.1, 0.15) is 29.4 Å². The fraction of sp³-hybridized carbons (Fsp3) is 0.211. The number of nitriles is 3. The summed E-state index contributed by atoms with van der Waals surface area (Å²) in [7, 11) is 0. The third-order valence-corrected chi connectivity index (χ3v) is 4.17. The van der Waals surface area contributed by atoms with Crippen molar-refractivity contribution >= 4 is 11.8 Å². The fourth-order valence-corrected chi connectivity index (χ4v) is 2.94. The summed E-state index contributed by atoms with van der Waals surface area (Å²) in [6, 6.07) is 11.6. The number of anilines is 1. The van der Waals surface area contributed by atoms with E-state index in [-0.39, 0.29) is 16.9 Å². The van der Waals surface area contributed by atoms with Gasteiger partial charge in [0, 0.05) is 12.1 Å². The zero-order chi connectivity index (χ0) is 18.0. The topological polar surface area (TPSA) is 105 Å². The van der Waals surface area contributed by atoms with Crippen molar-refractivity contribution < 1.29 is 4.74 Å². The number of fused-ring (bicyclic) bond motifs is 1. The van der Waals surface area contributed by atoms with Crippen LogP contribution >= 0.6 is 0 Å². The SMILES string of the molecule is CC1(C)OC(=C(C#N)C#N)C(C#N)=C1/C=C/c1cccc2c1NNC2. The Balaban J connectivity index is 2.09. The van der Waals surface area contributed by atoms with Crippen molar-refractivity contribution in [2.45, 2.75) is 26.0 Å². The van der Waals surface area contributed by atoms with Crippen LogP contribution in [0.4, 0.5) is 5.69 Å². The minimum absolute atomic E-state index is 0.0511. The van der Waals surface area contributed by atoms with Gasteiger partial charge in [-0.15, -0.1) is 0 Å². The Bertz CT molecular complexity index is 945. The molecule has 1 aromatic carbocycles. The van der Waals surface area contributed by atoms with Gasteiger partial charge in [0.05, 0.1) is 5.69 Å². The van der Waals surface area contributed by atoms with E-state index in [0.717, 1.165) is 23.4 Å². The highest BCUT2D eigenvalue weighted by Gasteiger charge is 2.38. The Labute approximate surface area is 145 Å². The lowest BCUT2D eigenvalue weighted by molar-refractivity contribution is 0.0954. The Hall–Kier alpha value is -3.53. The van der Waals surface area contributed by atoms with Crippen molar-refractivity contribution in [3.63, 3.8) is 0 Å². The molecule has 0 spiro atoms. The number of hydrazine groups is 1. The molecule has 0 amide bonds. The molecule has 2 aliphatic heterocycles. The standard InChI is InChI=1S/C19H15N5O/c1-19(2)16(15(10-22)18(25-19)14(8-20)9-21)7-6-12-4-3-5-13-11-23-24-17(12)13/h3-7,23-24H,11H2,1-2H3/b7-6+. The zero-order valence-corrected chi connectivity index (χ0v) is 13.8. The summed E-state index contributed by atoms with van der Waals surface area (Å²) in [4.78, 5) is 0. The molecule has 0 unspecified atom stereocenters. The third kappa shape index (κ3) is 2.74. The van der Waals surface area contributed by atoms with Gasteiger partial charge in [0.25, 0.3) is 0 Å². The summed E-state index contributed by atoms with van der Waals surface area (Å²) in [5, 5.41) is 27.7. The van der Waals surface area contributed by atoms with Gasteiger partial charge in [-0.1, -0.05) is 30.4 Å². The van der Waals surface area contributed by atoms with E-state index in [9.17, 15) is 5.26 Å². The van der Waals surface area contributed by atoms with Crippen molar-refractivity contribution in [2.24, 2.45) is 0 Å². The monoisotopic (exact) mass is 329 g/mol. The first-order valence-electron chi connectivity index (χ1n) is 7.69.